The fourth-order valence-corrected chi connectivity index (χ4v) is 2.42. The van der Waals surface area contributed by atoms with E-state index in [-0.39, 0.29) is 11.5 Å². The van der Waals surface area contributed by atoms with E-state index in [1.807, 2.05) is 24.3 Å². The van der Waals surface area contributed by atoms with E-state index in [0.29, 0.717) is 18.0 Å². The molecule has 1 amide bonds. The molecule has 1 saturated heterocycles. The second kappa shape index (κ2) is 5.09. The van der Waals surface area contributed by atoms with Crippen molar-refractivity contribution in [2.24, 2.45) is 13.0 Å². The number of rotatable bonds is 3. The number of benzene rings is 1. The van der Waals surface area contributed by atoms with Gasteiger partial charge in [0.1, 0.15) is 0 Å². The number of nitrogens with one attached hydrogen (secondary N) is 2. The van der Waals surface area contributed by atoms with Crippen LogP contribution in [0.3, 0.4) is 0 Å². The molecule has 20 heavy (non-hydrogen) atoms. The van der Waals surface area contributed by atoms with Gasteiger partial charge in [-0.2, -0.15) is 0 Å². The number of aryl methyl sites for hydroxylation is 1. The molecular weight excluding hydrogens is 254 g/mol. The highest BCUT2D eigenvalue weighted by Gasteiger charge is 2.19. The average Bonchev–Trinajstić information content (AvgIpc) is 2.41. The molecule has 2 aromatic rings. The van der Waals surface area contributed by atoms with Crippen LogP contribution in [-0.4, -0.2) is 30.1 Å². The summed E-state index contributed by atoms with van der Waals surface area (Å²) in [6.45, 7) is 2.53. The SMILES string of the molecule is Cn1c(=O)cc(C(=O)NCC2CNC2)c2ccccc21. The summed E-state index contributed by atoms with van der Waals surface area (Å²) in [7, 11) is 1.71. The van der Waals surface area contributed by atoms with Crippen molar-refractivity contribution >= 4 is 16.8 Å². The molecule has 0 spiro atoms. The number of fused-ring (bicyclic) bond motifs is 1. The van der Waals surface area contributed by atoms with Crippen molar-refractivity contribution in [1.29, 1.82) is 0 Å². The van der Waals surface area contributed by atoms with Crippen LogP contribution in [0.4, 0.5) is 0 Å². The van der Waals surface area contributed by atoms with Crippen molar-refractivity contribution in [2.45, 2.75) is 0 Å². The summed E-state index contributed by atoms with van der Waals surface area (Å²) in [6.07, 6.45) is 0. The lowest BCUT2D eigenvalue weighted by Crippen LogP contribution is -2.48. The Kier molecular flexibility index (Phi) is 3.28. The van der Waals surface area contributed by atoms with Gasteiger partial charge in [0.2, 0.25) is 0 Å². The Hall–Kier alpha value is -2.14. The molecule has 2 heterocycles. The number of para-hydroxylation sites is 1. The molecule has 1 aliphatic heterocycles. The van der Waals surface area contributed by atoms with Gasteiger partial charge in [0.15, 0.2) is 0 Å². The van der Waals surface area contributed by atoms with Gasteiger partial charge in [-0.3, -0.25) is 9.59 Å². The lowest BCUT2D eigenvalue weighted by molar-refractivity contribution is 0.0943. The number of aromatic nitrogens is 1. The van der Waals surface area contributed by atoms with Crippen molar-refractivity contribution in [3.63, 3.8) is 0 Å². The molecule has 5 heteroatoms. The predicted octanol–water partition coefficient (Wildman–Crippen LogP) is 0.488. The van der Waals surface area contributed by atoms with Gasteiger partial charge < -0.3 is 15.2 Å². The zero-order chi connectivity index (χ0) is 14.1. The fraction of sp³-hybridized carbons (Fsp3) is 0.333. The molecular formula is C15H17N3O2. The topological polar surface area (TPSA) is 63.1 Å². The van der Waals surface area contributed by atoms with E-state index >= 15 is 0 Å². The zero-order valence-electron chi connectivity index (χ0n) is 11.3. The largest absolute Gasteiger partial charge is 0.352 e. The molecule has 5 nitrogen and oxygen atoms in total. The van der Waals surface area contributed by atoms with Gasteiger partial charge in [-0.05, 0) is 6.07 Å². The number of pyridine rings is 1. The van der Waals surface area contributed by atoms with E-state index in [9.17, 15) is 9.59 Å². The highest BCUT2D eigenvalue weighted by atomic mass is 16.2. The number of carbonyl (C=O) groups is 1. The first-order chi connectivity index (χ1) is 9.66. The van der Waals surface area contributed by atoms with Crippen LogP contribution in [0.5, 0.6) is 0 Å². The Morgan fingerprint density at radius 1 is 1.40 bits per heavy atom. The van der Waals surface area contributed by atoms with Gasteiger partial charge in [0.05, 0.1) is 11.1 Å². The Morgan fingerprint density at radius 2 is 2.15 bits per heavy atom. The molecule has 0 saturated carbocycles. The van der Waals surface area contributed by atoms with Crippen LogP contribution in [0.25, 0.3) is 10.9 Å². The average molecular weight is 271 g/mol. The highest BCUT2D eigenvalue weighted by molar-refractivity contribution is 6.06. The maximum absolute atomic E-state index is 12.3. The van der Waals surface area contributed by atoms with Gasteiger partial charge in [-0.1, -0.05) is 18.2 Å². The van der Waals surface area contributed by atoms with Crippen LogP contribution in [0.1, 0.15) is 10.4 Å². The van der Waals surface area contributed by atoms with E-state index in [4.69, 9.17) is 0 Å². The Morgan fingerprint density at radius 3 is 2.85 bits per heavy atom. The van der Waals surface area contributed by atoms with E-state index in [1.54, 1.807) is 11.6 Å². The van der Waals surface area contributed by atoms with Crippen molar-refractivity contribution in [2.75, 3.05) is 19.6 Å². The van der Waals surface area contributed by atoms with Gasteiger partial charge in [0, 0.05) is 44.1 Å². The van der Waals surface area contributed by atoms with Gasteiger partial charge in [-0.15, -0.1) is 0 Å². The molecule has 3 rings (SSSR count). The monoisotopic (exact) mass is 271 g/mol. The number of carbonyl (C=O) groups excluding carboxylic acids is 1. The molecule has 0 bridgehead atoms. The number of hydrogen-bond acceptors (Lipinski definition) is 3. The normalized spacial score (nSPS) is 15.1. The quantitative estimate of drug-likeness (QED) is 0.854. The number of nitrogens with zero attached hydrogens (tertiary/aromatic N) is 1. The summed E-state index contributed by atoms with van der Waals surface area (Å²) in [5.74, 6) is 0.322. The second-order valence-corrected chi connectivity index (χ2v) is 5.21. The summed E-state index contributed by atoms with van der Waals surface area (Å²) >= 11 is 0. The molecule has 1 aliphatic rings. The molecule has 1 aromatic heterocycles. The standard InChI is InChI=1S/C15H17N3O2/c1-18-13-5-3-2-4-11(13)12(6-14(18)19)15(20)17-9-10-7-16-8-10/h2-6,10,16H,7-9H2,1H3,(H,17,20). The van der Waals surface area contributed by atoms with Crippen LogP contribution in [-0.2, 0) is 7.05 Å². The molecule has 1 fully saturated rings. The van der Waals surface area contributed by atoms with Crippen molar-refractivity contribution in [3.8, 4) is 0 Å². The minimum atomic E-state index is -0.175. The summed E-state index contributed by atoms with van der Waals surface area (Å²) in [5, 5.41) is 6.88. The smallest absolute Gasteiger partial charge is 0.252 e. The Labute approximate surface area is 116 Å². The number of amides is 1. The third-order valence-electron chi connectivity index (χ3n) is 3.82. The third kappa shape index (κ3) is 2.20. The van der Waals surface area contributed by atoms with E-state index in [1.165, 1.54) is 6.07 Å². The molecule has 2 N–H and O–H groups in total. The van der Waals surface area contributed by atoms with Crippen LogP contribution in [0, 0.1) is 5.92 Å². The minimum absolute atomic E-state index is 0.167. The first-order valence-corrected chi connectivity index (χ1v) is 6.74. The first-order valence-electron chi connectivity index (χ1n) is 6.74. The van der Waals surface area contributed by atoms with E-state index < -0.39 is 0 Å². The summed E-state index contributed by atoms with van der Waals surface area (Å²) in [4.78, 5) is 24.2. The lowest BCUT2D eigenvalue weighted by atomic mass is 10.0. The molecule has 0 atom stereocenters. The van der Waals surface area contributed by atoms with Crippen LogP contribution < -0.4 is 16.2 Å². The van der Waals surface area contributed by atoms with Crippen molar-refractivity contribution < 1.29 is 4.79 Å². The summed E-state index contributed by atoms with van der Waals surface area (Å²) < 4.78 is 1.56. The van der Waals surface area contributed by atoms with Gasteiger partial charge >= 0.3 is 0 Å². The van der Waals surface area contributed by atoms with E-state index in [0.717, 1.165) is 24.0 Å². The molecule has 0 unspecified atom stereocenters. The summed E-state index contributed by atoms with van der Waals surface area (Å²) in [5.41, 5.74) is 1.06. The first kappa shape index (κ1) is 12.9. The number of hydrogen-bond donors (Lipinski definition) is 2. The Balaban J connectivity index is 1.95. The fourth-order valence-electron chi connectivity index (χ4n) is 2.42. The van der Waals surface area contributed by atoms with Crippen LogP contribution in [0.2, 0.25) is 0 Å². The van der Waals surface area contributed by atoms with E-state index in [2.05, 4.69) is 10.6 Å². The third-order valence-corrected chi connectivity index (χ3v) is 3.82. The van der Waals surface area contributed by atoms with Crippen molar-refractivity contribution in [1.82, 2.24) is 15.2 Å². The summed E-state index contributed by atoms with van der Waals surface area (Å²) in [6, 6.07) is 8.87. The molecule has 104 valence electrons. The molecule has 0 radical (unpaired) electrons. The second-order valence-electron chi connectivity index (χ2n) is 5.21. The Bertz CT molecular complexity index is 717. The van der Waals surface area contributed by atoms with Gasteiger partial charge in [0.25, 0.3) is 11.5 Å². The highest BCUT2D eigenvalue weighted by Crippen LogP contribution is 2.16. The lowest BCUT2D eigenvalue weighted by Gasteiger charge is -2.27. The zero-order valence-corrected chi connectivity index (χ0v) is 11.3. The maximum Gasteiger partial charge on any atom is 0.252 e. The predicted molar refractivity (Wildman–Crippen MR) is 77.9 cm³/mol. The minimum Gasteiger partial charge on any atom is -0.352 e. The van der Waals surface area contributed by atoms with Crippen LogP contribution >= 0.6 is 0 Å². The maximum atomic E-state index is 12.3. The van der Waals surface area contributed by atoms with Crippen molar-refractivity contribution in [3.05, 3.63) is 46.2 Å². The van der Waals surface area contributed by atoms with Crippen LogP contribution in [0.15, 0.2) is 35.1 Å². The molecule has 1 aromatic carbocycles. The van der Waals surface area contributed by atoms with Gasteiger partial charge in [-0.25, -0.2) is 0 Å². The molecule has 0 aliphatic carbocycles.